The fourth-order valence-corrected chi connectivity index (χ4v) is 2.46. The molecule has 0 N–H and O–H groups in total. The molecule has 0 aliphatic carbocycles. The smallest absolute Gasteiger partial charge is 0.267 e. The van der Waals surface area contributed by atoms with E-state index in [4.69, 9.17) is 0 Å². The fourth-order valence-electron chi connectivity index (χ4n) is 2.46. The van der Waals surface area contributed by atoms with Crippen LogP contribution in [0.25, 0.3) is 4.98 Å². The quantitative estimate of drug-likeness (QED) is 0.479. The van der Waals surface area contributed by atoms with E-state index in [1.807, 2.05) is 0 Å². The van der Waals surface area contributed by atoms with Crippen LogP contribution in [0.4, 0.5) is 11.4 Å². The molecule has 0 radical (unpaired) electrons. The minimum Gasteiger partial charge on any atom is -0.267 e. The maximum atomic E-state index is 12.4. The minimum atomic E-state index is -0.891. The highest BCUT2D eigenvalue weighted by molar-refractivity contribution is 6.24. The zero-order chi connectivity index (χ0) is 18.7. The van der Waals surface area contributed by atoms with E-state index in [-0.39, 0.29) is 11.5 Å². The molecule has 9 nitrogen and oxygen atoms in total. The molecule has 1 atom stereocenters. The van der Waals surface area contributed by atoms with Crippen molar-refractivity contribution >= 4 is 28.8 Å². The number of nitro benzene ring substituents is 1. The first-order valence-electron chi connectivity index (χ1n) is 7.63. The fraction of sp³-hybridized carbons (Fsp3) is 0.118. The van der Waals surface area contributed by atoms with Gasteiger partial charge in [0.15, 0.2) is 0 Å². The van der Waals surface area contributed by atoms with Crippen molar-refractivity contribution in [3.63, 3.8) is 0 Å². The summed E-state index contributed by atoms with van der Waals surface area (Å²) in [7, 11) is 0. The van der Waals surface area contributed by atoms with Crippen LogP contribution in [0.15, 0.2) is 64.7 Å². The van der Waals surface area contributed by atoms with Crippen molar-refractivity contribution in [3.05, 3.63) is 75.3 Å². The Hall–Kier alpha value is -3.93. The average molecular weight is 349 g/mol. The van der Waals surface area contributed by atoms with E-state index in [0.29, 0.717) is 17.0 Å². The van der Waals surface area contributed by atoms with Crippen LogP contribution in [-0.4, -0.2) is 28.4 Å². The summed E-state index contributed by atoms with van der Waals surface area (Å²) in [5.41, 5.74) is 1.20. The first-order chi connectivity index (χ1) is 12.5. The molecule has 1 unspecified atom stereocenters. The molecular formula is C17H13N6O3+. The number of carbonyl (C=O) groups is 1. The number of carbonyl (C=O) groups excluding carboxylic acids is 1. The Balaban J connectivity index is 2.00. The van der Waals surface area contributed by atoms with E-state index in [2.05, 4.69) is 15.1 Å². The number of diazo groups is 1. The first kappa shape index (κ1) is 16.9. The maximum Gasteiger partial charge on any atom is 0.411 e. The van der Waals surface area contributed by atoms with Gasteiger partial charge in [0.05, 0.1) is 10.6 Å². The average Bonchev–Trinajstić information content (AvgIpc) is 2.97. The predicted octanol–water partition coefficient (Wildman–Crippen LogP) is 3.25. The Morgan fingerprint density at radius 1 is 1.23 bits per heavy atom. The van der Waals surface area contributed by atoms with E-state index >= 15 is 0 Å². The molecule has 0 saturated heterocycles. The molecule has 0 spiro atoms. The Bertz CT molecular complexity index is 960. The molecule has 128 valence electrons. The summed E-state index contributed by atoms with van der Waals surface area (Å²) in [6.45, 7) is 1.64. The van der Waals surface area contributed by atoms with Crippen LogP contribution in [0.2, 0.25) is 0 Å². The van der Waals surface area contributed by atoms with E-state index in [0.717, 1.165) is 0 Å². The van der Waals surface area contributed by atoms with Crippen molar-refractivity contribution in [2.75, 3.05) is 5.01 Å². The van der Waals surface area contributed by atoms with Crippen molar-refractivity contribution in [2.45, 2.75) is 13.0 Å². The molecule has 2 aromatic rings. The Kier molecular flexibility index (Phi) is 4.49. The van der Waals surface area contributed by atoms with Crippen LogP contribution in [0.3, 0.4) is 0 Å². The molecule has 26 heavy (non-hydrogen) atoms. The van der Waals surface area contributed by atoms with Crippen molar-refractivity contribution < 1.29 is 9.72 Å². The van der Waals surface area contributed by atoms with E-state index in [1.165, 1.54) is 29.3 Å². The number of hydrazone groups is 1. The molecule has 3 rings (SSSR count). The molecule has 0 aromatic heterocycles. The topological polar surface area (TPSA) is 116 Å². The SMILES string of the molecule is CC1=NN(c2ccc([N+](=O)[O-])cc2)C(=NC(=O)c2ccccc2)C1[N+]#N. The predicted molar refractivity (Wildman–Crippen MR) is 95.8 cm³/mol. The lowest BCUT2D eigenvalue weighted by molar-refractivity contribution is -0.384. The number of hydrogen-bond acceptors (Lipinski definition) is 5. The molecular weight excluding hydrogens is 336 g/mol. The number of anilines is 1. The van der Waals surface area contributed by atoms with Gasteiger partial charge in [-0.05, 0) is 31.2 Å². The van der Waals surface area contributed by atoms with Gasteiger partial charge in [-0.2, -0.15) is 10.1 Å². The second-order valence-electron chi connectivity index (χ2n) is 5.49. The molecule has 2 aromatic carbocycles. The molecule has 1 heterocycles. The van der Waals surface area contributed by atoms with E-state index in [1.54, 1.807) is 37.3 Å². The highest BCUT2D eigenvalue weighted by Crippen LogP contribution is 2.25. The van der Waals surface area contributed by atoms with E-state index in [9.17, 15) is 20.3 Å². The minimum absolute atomic E-state index is 0.0732. The standard InChI is InChI=1S/C17H13N6O3/c1-11-15(20-18)16(19-17(24)12-5-3-2-4-6-12)22(21-11)13-7-9-14(10-8-13)23(25)26/h2-10,15H,1H3/q+1. The van der Waals surface area contributed by atoms with Crippen molar-refractivity contribution in [3.8, 4) is 0 Å². The summed E-state index contributed by atoms with van der Waals surface area (Å²) >= 11 is 0. The molecule has 1 amide bonds. The number of amides is 1. The molecule has 1 aliphatic heterocycles. The second-order valence-corrected chi connectivity index (χ2v) is 5.49. The lowest BCUT2D eigenvalue weighted by atomic mass is 10.2. The van der Waals surface area contributed by atoms with Crippen molar-refractivity contribution in [1.29, 1.82) is 5.39 Å². The summed E-state index contributed by atoms with van der Waals surface area (Å²) < 4.78 is 0. The van der Waals surface area contributed by atoms with Gasteiger partial charge in [0.25, 0.3) is 11.6 Å². The number of nitrogens with zero attached hydrogens (tertiary/aromatic N) is 6. The zero-order valence-electron chi connectivity index (χ0n) is 13.7. The highest BCUT2D eigenvalue weighted by Gasteiger charge is 2.43. The largest absolute Gasteiger partial charge is 0.411 e. The first-order valence-corrected chi connectivity index (χ1v) is 7.63. The van der Waals surface area contributed by atoms with Crippen LogP contribution < -0.4 is 5.01 Å². The van der Waals surface area contributed by atoms with Gasteiger partial charge in [0, 0.05) is 17.7 Å². The lowest BCUT2D eigenvalue weighted by Gasteiger charge is -2.13. The second kappa shape index (κ2) is 6.90. The summed E-state index contributed by atoms with van der Waals surface area (Å²) in [5.74, 6) is -0.390. The highest BCUT2D eigenvalue weighted by atomic mass is 16.6. The Morgan fingerprint density at radius 3 is 2.46 bits per heavy atom. The third-order valence-electron chi connectivity index (χ3n) is 3.77. The lowest BCUT2D eigenvalue weighted by Crippen LogP contribution is -2.30. The molecule has 9 heteroatoms. The number of amidine groups is 1. The number of rotatable bonds is 3. The van der Waals surface area contributed by atoms with Crippen LogP contribution in [0.5, 0.6) is 0 Å². The number of nitro groups is 1. The number of hydrogen-bond donors (Lipinski definition) is 0. The number of non-ortho nitro benzene ring substituents is 1. The Morgan fingerprint density at radius 2 is 1.88 bits per heavy atom. The normalized spacial score (nSPS) is 17.7. The summed E-state index contributed by atoms with van der Waals surface area (Å²) in [6, 6.07) is 13.2. The van der Waals surface area contributed by atoms with Crippen LogP contribution in [0, 0.1) is 15.5 Å². The van der Waals surface area contributed by atoms with Crippen LogP contribution in [-0.2, 0) is 0 Å². The van der Waals surface area contributed by atoms with Gasteiger partial charge in [-0.3, -0.25) is 14.9 Å². The molecule has 0 bridgehead atoms. The van der Waals surface area contributed by atoms with Gasteiger partial charge in [-0.1, -0.05) is 18.2 Å². The third kappa shape index (κ3) is 3.16. The summed E-state index contributed by atoms with van der Waals surface area (Å²) in [6.07, 6.45) is 0. The molecule has 1 aliphatic rings. The van der Waals surface area contributed by atoms with Crippen LogP contribution >= 0.6 is 0 Å². The maximum absolute atomic E-state index is 12.4. The monoisotopic (exact) mass is 349 g/mol. The number of aliphatic imine (C=N–C) groups is 1. The van der Waals surface area contributed by atoms with Crippen molar-refractivity contribution in [1.82, 2.24) is 0 Å². The van der Waals surface area contributed by atoms with Crippen molar-refractivity contribution in [2.24, 2.45) is 10.1 Å². The van der Waals surface area contributed by atoms with Gasteiger partial charge >= 0.3 is 6.04 Å². The zero-order valence-corrected chi connectivity index (χ0v) is 13.7. The Labute approximate surface area is 148 Å². The third-order valence-corrected chi connectivity index (χ3v) is 3.77. The van der Waals surface area contributed by atoms with Crippen LogP contribution in [0.1, 0.15) is 17.3 Å². The van der Waals surface area contributed by atoms with Gasteiger partial charge in [0.2, 0.25) is 11.2 Å². The van der Waals surface area contributed by atoms with Gasteiger partial charge in [-0.25, -0.2) is 5.01 Å². The van der Waals surface area contributed by atoms with E-state index < -0.39 is 16.9 Å². The van der Waals surface area contributed by atoms with Gasteiger partial charge in [-0.15, -0.1) is 0 Å². The molecule has 0 fully saturated rings. The molecule has 0 saturated carbocycles. The van der Waals surface area contributed by atoms with Gasteiger partial charge < -0.3 is 0 Å². The number of benzene rings is 2. The summed E-state index contributed by atoms with van der Waals surface area (Å²) in [4.78, 5) is 30.0. The van der Waals surface area contributed by atoms with Gasteiger partial charge in [0.1, 0.15) is 10.7 Å². The summed E-state index contributed by atoms with van der Waals surface area (Å²) in [5, 5.41) is 25.7.